The van der Waals surface area contributed by atoms with Crippen LogP contribution in [0.4, 0.5) is 11.4 Å². The Morgan fingerprint density at radius 1 is 1.07 bits per heavy atom. The number of rotatable bonds is 5. The van der Waals surface area contributed by atoms with E-state index in [-0.39, 0.29) is 5.91 Å². The van der Waals surface area contributed by atoms with E-state index in [0.717, 1.165) is 43.2 Å². The molecule has 0 radical (unpaired) electrons. The third kappa shape index (κ3) is 4.63. The minimum absolute atomic E-state index is 0.210. The lowest BCUT2D eigenvalue weighted by Crippen LogP contribution is -2.36. The molecular formula is C22H24N2O5. The second-order valence-electron chi connectivity index (χ2n) is 6.72. The standard InChI is InChI=1S/C22H24N2O5/c1-26-19-14-16(15-20-22(19)29-13-12-28-20)2-7-21(25)23-17-3-5-18(6-4-17)24-8-10-27-11-9-24/h2-7,14-15H,8-13H2,1H3,(H,23,25)/b7-2+. The number of fused-ring (bicyclic) bond motifs is 1. The van der Waals surface area contributed by atoms with Crippen molar-refractivity contribution in [1.82, 2.24) is 0 Å². The van der Waals surface area contributed by atoms with Gasteiger partial charge in [-0.1, -0.05) is 0 Å². The van der Waals surface area contributed by atoms with Crippen molar-refractivity contribution in [2.24, 2.45) is 0 Å². The first-order valence-corrected chi connectivity index (χ1v) is 9.62. The molecule has 0 bridgehead atoms. The van der Waals surface area contributed by atoms with Crippen LogP contribution in [0.1, 0.15) is 5.56 Å². The third-order valence-corrected chi connectivity index (χ3v) is 4.79. The van der Waals surface area contributed by atoms with Gasteiger partial charge in [0.05, 0.1) is 20.3 Å². The Bertz CT molecular complexity index is 872. The van der Waals surface area contributed by atoms with Gasteiger partial charge in [-0.25, -0.2) is 0 Å². The summed E-state index contributed by atoms with van der Waals surface area (Å²) in [5.41, 5.74) is 2.67. The molecule has 152 valence electrons. The Balaban J connectivity index is 1.40. The number of carbonyl (C=O) groups excluding carboxylic acids is 1. The van der Waals surface area contributed by atoms with E-state index < -0.39 is 0 Å². The van der Waals surface area contributed by atoms with E-state index in [1.807, 2.05) is 36.4 Å². The first kappa shape index (κ1) is 19.1. The largest absolute Gasteiger partial charge is 0.493 e. The molecule has 29 heavy (non-hydrogen) atoms. The molecule has 2 aliphatic heterocycles. The highest BCUT2D eigenvalue weighted by Gasteiger charge is 2.18. The molecule has 1 N–H and O–H groups in total. The summed E-state index contributed by atoms with van der Waals surface area (Å²) in [5, 5.41) is 2.88. The normalized spacial score (nSPS) is 16.0. The first-order chi connectivity index (χ1) is 14.2. The predicted molar refractivity (Wildman–Crippen MR) is 111 cm³/mol. The number of anilines is 2. The number of carbonyl (C=O) groups is 1. The number of nitrogens with one attached hydrogen (secondary N) is 1. The van der Waals surface area contributed by atoms with Crippen molar-refractivity contribution in [2.75, 3.05) is 56.8 Å². The summed E-state index contributed by atoms with van der Waals surface area (Å²) in [6, 6.07) is 11.5. The topological polar surface area (TPSA) is 69.3 Å². The minimum Gasteiger partial charge on any atom is -0.493 e. The summed E-state index contributed by atoms with van der Waals surface area (Å²) in [6.07, 6.45) is 3.21. The van der Waals surface area contributed by atoms with Crippen molar-refractivity contribution in [1.29, 1.82) is 0 Å². The Hall–Kier alpha value is -3.19. The van der Waals surface area contributed by atoms with Crippen molar-refractivity contribution < 1.29 is 23.7 Å². The highest BCUT2D eigenvalue weighted by Crippen LogP contribution is 2.40. The summed E-state index contributed by atoms with van der Waals surface area (Å²) in [6.45, 7) is 4.23. The number of hydrogen-bond donors (Lipinski definition) is 1. The first-order valence-electron chi connectivity index (χ1n) is 9.62. The molecule has 2 aromatic carbocycles. The predicted octanol–water partition coefficient (Wildman–Crippen LogP) is 2.95. The maximum atomic E-state index is 12.3. The zero-order valence-corrected chi connectivity index (χ0v) is 16.3. The molecule has 1 saturated heterocycles. The van der Waals surface area contributed by atoms with Crippen LogP contribution < -0.4 is 24.4 Å². The summed E-state index contributed by atoms with van der Waals surface area (Å²) in [5.74, 6) is 1.59. The molecule has 1 amide bonds. The molecule has 2 aliphatic rings. The average molecular weight is 396 g/mol. The van der Waals surface area contributed by atoms with Gasteiger partial charge in [0.1, 0.15) is 13.2 Å². The van der Waals surface area contributed by atoms with Gasteiger partial charge in [0.2, 0.25) is 11.7 Å². The molecule has 4 rings (SSSR count). The molecule has 0 aliphatic carbocycles. The van der Waals surface area contributed by atoms with Crippen LogP contribution in [0.25, 0.3) is 6.08 Å². The van der Waals surface area contributed by atoms with E-state index in [2.05, 4.69) is 10.2 Å². The molecule has 0 spiro atoms. The number of benzene rings is 2. The van der Waals surface area contributed by atoms with E-state index in [1.54, 1.807) is 13.2 Å². The van der Waals surface area contributed by atoms with Gasteiger partial charge >= 0.3 is 0 Å². The Labute approximate surface area is 169 Å². The average Bonchev–Trinajstić information content (AvgIpc) is 2.78. The highest BCUT2D eigenvalue weighted by molar-refractivity contribution is 6.02. The van der Waals surface area contributed by atoms with Gasteiger partial charge in [-0.05, 0) is 48.0 Å². The molecule has 2 heterocycles. The monoisotopic (exact) mass is 396 g/mol. The van der Waals surface area contributed by atoms with Crippen molar-refractivity contribution in [3.8, 4) is 17.2 Å². The van der Waals surface area contributed by atoms with Gasteiger partial charge in [-0.2, -0.15) is 0 Å². The number of nitrogens with zero attached hydrogens (tertiary/aromatic N) is 1. The van der Waals surface area contributed by atoms with Crippen LogP contribution in [0.3, 0.4) is 0 Å². The van der Waals surface area contributed by atoms with Crippen LogP contribution in [0, 0.1) is 0 Å². The van der Waals surface area contributed by atoms with Crippen molar-refractivity contribution in [3.05, 3.63) is 48.0 Å². The number of methoxy groups -OCH3 is 1. The van der Waals surface area contributed by atoms with Crippen LogP contribution in [-0.4, -0.2) is 52.5 Å². The van der Waals surface area contributed by atoms with Gasteiger partial charge in [0.25, 0.3) is 0 Å². The zero-order valence-electron chi connectivity index (χ0n) is 16.3. The summed E-state index contributed by atoms with van der Waals surface area (Å²) in [7, 11) is 1.58. The molecule has 7 heteroatoms. The van der Waals surface area contributed by atoms with E-state index >= 15 is 0 Å². The van der Waals surface area contributed by atoms with Crippen molar-refractivity contribution in [3.63, 3.8) is 0 Å². The number of morpholine rings is 1. The van der Waals surface area contributed by atoms with Crippen LogP contribution in [0.5, 0.6) is 17.2 Å². The molecule has 0 saturated carbocycles. The fourth-order valence-corrected chi connectivity index (χ4v) is 3.32. The Kier molecular flexibility index (Phi) is 5.86. The van der Waals surface area contributed by atoms with Gasteiger partial charge in [-0.15, -0.1) is 0 Å². The quantitative estimate of drug-likeness (QED) is 0.784. The molecule has 0 aromatic heterocycles. The van der Waals surface area contributed by atoms with E-state index in [1.165, 1.54) is 6.08 Å². The van der Waals surface area contributed by atoms with E-state index in [9.17, 15) is 4.79 Å². The lowest BCUT2D eigenvalue weighted by atomic mass is 10.1. The SMILES string of the molecule is COc1cc(/C=C/C(=O)Nc2ccc(N3CCOCC3)cc2)cc2c1OCCO2. The minimum atomic E-state index is -0.210. The maximum absolute atomic E-state index is 12.3. The molecule has 2 aromatic rings. The third-order valence-electron chi connectivity index (χ3n) is 4.79. The lowest BCUT2D eigenvalue weighted by molar-refractivity contribution is -0.111. The fourth-order valence-electron chi connectivity index (χ4n) is 3.32. The van der Waals surface area contributed by atoms with Crippen LogP contribution >= 0.6 is 0 Å². The van der Waals surface area contributed by atoms with Crippen LogP contribution in [0.15, 0.2) is 42.5 Å². The molecule has 0 unspecified atom stereocenters. The lowest BCUT2D eigenvalue weighted by Gasteiger charge is -2.28. The van der Waals surface area contributed by atoms with Gasteiger partial charge in [0.15, 0.2) is 11.5 Å². The summed E-state index contributed by atoms with van der Waals surface area (Å²) >= 11 is 0. The van der Waals surface area contributed by atoms with Crippen molar-refractivity contribution >= 4 is 23.4 Å². The Morgan fingerprint density at radius 3 is 2.59 bits per heavy atom. The maximum Gasteiger partial charge on any atom is 0.248 e. The van der Waals surface area contributed by atoms with Gasteiger partial charge < -0.3 is 29.2 Å². The second kappa shape index (κ2) is 8.87. The second-order valence-corrected chi connectivity index (χ2v) is 6.72. The summed E-state index contributed by atoms with van der Waals surface area (Å²) < 4.78 is 22.0. The summed E-state index contributed by atoms with van der Waals surface area (Å²) in [4.78, 5) is 14.6. The van der Waals surface area contributed by atoms with Gasteiger partial charge in [0, 0.05) is 30.5 Å². The zero-order chi connectivity index (χ0) is 20.1. The number of amides is 1. The molecule has 0 atom stereocenters. The number of ether oxygens (including phenoxy) is 4. The molecular weight excluding hydrogens is 372 g/mol. The smallest absolute Gasteiger partial charge is 0.248 e. The van der Waals surface area contributed by atoms with Gasteiger partial charge in [-0.3, -0.25) is 4.79 Å². The van der Waals surface area contributed by atoms with E-state index in [4.69, 9.17) is 18.9 Å². The van der Waals surface area contributed by atoms with E-state index in [0.29, 0.717) is 30.5 Å². The highest BCUT2D eigenvalue weighted by atomic mass is 16.6. The molecule has 1 fully saturated rings. The van der Waals surface area contributed by atoms with Crippen LogP contribution in [-0.2, 0) is 9.53 Å². The number of hydrogen-bond acceptors (Lipinski definition) is 6. The fraction of sp³-hybridized carbons (Fsp3) is 0.318. The Morgan fingerprint density at radius 2 is 1.83 bits per heavy atom. The van der Waals surface area contributed by atoms with Crippen LogP contribution in [0.2, 0.25) is 0 Å². The molecule has 7 nitrogen and oxygen atoms in total. The van der Waals surface area contributed by atoms with Crippen molar-refractivity contribution in [2.45, 2.75) is 0 Å².